The molecule has 0 fully saturated rings. The standard InChI is InChI=1S/C17H14F3N2O2/c18-13-8-11(9-14(19)16(13)20)22-15(23)7-3-5-10-4-1-2-6-12(10)17(21)24/h1-2,4,6-9H,3,5H2,(H2,21,24)(H,22,23). The van der Waals surface area contributed by atoms with Gasteiger partial charge in [0.25, 0.3) is 0 Å². The lowest BCUT2D eigenvalue weighted by Crippen LogP contribution is -2.15. The molecule has 0 aliphatic heterocycles. The molecule has 0 saturated heterocycles. The molecular formula is C17H14F3N2O2. The number of amides is 2. The van der Waals surface area contributed by atoms with Crippen LogP contribution in [0.1, 0.15) is 22.3 Å². The summed E-state index contributed by atoms with van der Waals surface area (Å²) in [6.45, 7) is 0. The van der Waals surface area contributed by atoms with Crippen molar-refractivity contribution in [3.63, 3.8) is 0 Å². The number of nitrogens with two attached hydrogens (primary N) is 1. The SMILES string of the molecule is NC(=O)c1ccccc1CC[CH]C(=O)Nc1cc(F)c(F)c(F)c1. The van der Waals surface area contributed by atoms with Crippen molar-refractivity contribution in [1.29, 1.82) is 0 Å². The van der Waals surface area contributed by atoms with E-state index in [1.165, 1.54) is 6.42 Å². The van der Waals surface area contributed by atoms with Crippen LogP contribution in [-0.4, -0.2) is 11.8 Å². The topological polar surface area (TPSA) is 72.2 Å². The van der Waals surface area contributed by atoms with Crippen LogP contribution < -0.4 is 11.1 Å². The van der Waals surface area contributed by atoms with Gasteiger partial charge in [0.15, 0.2) is 17.5 Å². The molecule has 1 radical (unpaired) electrons. The summed E-state index contributed by atoms with van der Waals surface area (Å²) in [5.41, 5.74) is 6.13. The molecule has 0 aliphatic rings. The minimum atomic E-state index is -1.60. The molecule has 24 heavy (non-hydrogen) atoms. The number of carbonyl (C=O) groups is 2. The number of rotatable bonds is 6. The van der Waals surface area contributed by atoms with Gasteiger partial charge < -0.3 is 11.1 Å². The maximum atomic E-state index is 13.1. The fourth-order valence-electron chi connectivity index (χ4n) is 2.16. The minimum Gasteiger partial charge on any atom is -0.366 e. The number of primary amides is 1. The summed E-state index contributed by atoms with van der Waals surface area (Å²) >= 11 is 0. The van der Waals surface area contributed by atoms with Gasteiger partial charge in [0.05, 0.1) is 6.42 Å². The van der Waals surface area contributed by atoms with E-state index in [9.17, 15) is 22.8 Å². The number of halogens is 3. The number of benzene rings is 2. The highest BCUT2D eigenvalue weighted by Crippen LogP contribution is 2.18. The van der Waals surface area contributed by atoms with Gasteiger partial charge in [0, 0.05) is 23.4 Å². The second kappa shape index (κ2) is 7.63. The number of nitrogens with one attached hydrogen (secondary N) is 1. The molecule has 2 aromatic rings. The Morgan fingerprint density at radius 1 is 1.08 bits per heavy atom. The Balaban J connectivity index is 1.92. The average molecular weight is 335 g/mol. The van der Waals surface area contributed by atoms with E-state index in [2.05, 4.69) is 5.32 Å². The van der Waals surface area contributed by atoms with Crippen LogP contribution in [0, 0.1) is 23.9 Å². The third-order valence-corrected chi connectivity index (χ3v) is 3.28. The van der Waals surface area contributed by atoms with E-state index in [4.69, 9.17) is 5.73 Å². The molecule has 2 rings (SSSR count). The zero-order valence-corrected chi connectivity index (χ0v) is 12.5. The van der Waals surface area contributed by atoms with E-state index >= 15 is 0 Å². The summed E-state index contributed by atoms with van der Waals surface area (Å²) in [6, 6.07) is 8.10. The van der Waals surface area contributed by atoms with Gasteiger partial charge in [-0.1, -0.05) is 18.2 Å². The molecule has 0 saturated carbocycles. The Hall–Kier alpha value is -2.83. The highest BCUT2D eigenvalue weighted by atomic mass is 19.2. The zero-order valence-electron chi connectivity index (χ0n) is 12.5. The molecule has 7 heteroatoms. The molecule has 0 unspecified atom stereocenters. The van der Waals surface area contributed by atoms with Crippen molar-refractivity contribution in [2.24, 2.45) is 5.73 Å². The van der Waals surface area contributed by atoms with Gasteiger partial charge in [-0.15, -0.1) is 0 Å². The van der Waals surface area contributed by atoms with Crippen LogP contribution in [0.15, 0.2) is 36.4 Å². The fourth-order valence-corrected chi connectivity index (χ4v) is 2.16. The maximum absolute atomic E-state index is 13.1. The first kappa shape index (κ1) is 17.5. The van der Waals surface area contributed by atoms with Crippen molar-refractivity contribution >= 4 is 17.5 Å². The summed E-state index contributed by atoms with van der Waals surface area (Å²) in [7, 11) is 0. The van der Waals surface area contributed by atoms with Gasteiger partial charge >= 0.3 is 0 Å². The van der Waals surface area contributed by atoms with Crippen molar-refractivity contribution in [1.82, 2.24) is 0 Å². The molecule has 4 nitrogen and oxygen atoms in total. The smallest absolute Gasteiger partial charge is 0.248 e. The average Bonchev–Trinajstić information content (AvgIpc) is 2.52. The first-order valence-electron chi connectivity index (χ1n) is 7.05. The monoisotopic (exact) mass is 335 g/mol. The Morgan fingerprint density at radius 3 is 2.33 bits per heavy atom. The van der Waals surface area contributed by atoms with Gasteiger partial charge in [-0.25, -0.2) is 13.2 Å². The lowest BCUT2D eigenvalue weighted by molar-refractivity contribution is -0.113. The number of anilines is 1. The van der Waals surface area contributed by atoms with Crippen molar-refractivity contribution in [3.05, 3.63) is 71.4 Å². The third-order valence-electron chi connectivity index (χ3n) is 3.28. The van der Waals surface area contributed by atoms with Crippen LogP contribution >= 0.6 is 0 Å². The molecule has 3 N–H and O–H groups in total. The Kier molecular flexibility index (Phi) is 5.57. The minimum absolute atomic E-state index is 0.190. The van der Waals surface area contributed by atoms with Gasteiger partial charge in [0.2, 0.25) is 11.8 Å². The van der Waals surface area contributed by atoms with Crippen molar-refractivity contribution in [2.45, 2.75) is 12.8 Å². The van der Waals surface area contributed by atoms with Crippen LogP contribution in [-0.2, 0) is 11.2 Å². The second-order valence-corrected chi connectivity index (χ2v) is 5.01. The Morgan fingerprint density at radius 2 is 1.71 bits per heavy atom. The van der Waals surface area contributed by atoms with Crippen molar-refractivity contribution in [2.75, 3.05) is 5.32 Å². The summed E-state index contributed by atoms with van der Waals surface area (Å²) in [4.78, 5) is 23.0. The number of aryl methyl sites for hydroxylation is 1. The molecule has 0 aliphatic carbocycles. The Bertz CT molecular complexity index is 755. The zero-order chi connectivity index (χ0) is 17.7. The van der Waals surface area contributed by atoms with Crippen LogP contribution in [0.5, 0.6) is 0 Å². The molecule has 0 aromatic heterocycles. The van der Waals surface area contributed by atoms with E-state index in [-0.39, 0.29) is 12.1 Å². The van der Waals surface area contributed by atoms with Crippen LogP contribution in [0.2, 0.25) is 0 Å². The van der Waals surface area contributed by atoms with Gasteiger partial charge in [-0.2, -0.15) is 0 Å². The Labute approximate surface area is 136 Å². The predicted octanol–water partition coefficient (Wildman–Crippen LogP) is 2.98. The molecule has 0 bridgehead atoms. The lowest BCUT2D eigenvalue weighted by atomic mass is 10.0. The molecule has 0 atom stereocenters. The molecular weight excluding hydrogens is 321 g/mol. The largest absolute Gasteiger partial charge is 0.366 e. The molecule has 2 aromatic carbocycles. The quantitative estimate of drug-likeness (QED) is 0.797. The van der Waals surface area contributed by atoms with E-state index < -0.39 is 29.3 Å². The molecule has 0 spiro atoms. The summed E-state index contributed by atoms with van der Waals surface area (Å²) in [6.07, 6.45) is 1.93. The summed E-state index contributed by atoms with van der Waals surface area (Å²) < 4.78 is 39.0. The summed E-state index contributed by atoms with van der Waals surface area (Å²) in [5.74, 6) is -5.54. The molecule has 0 heterocycles. The molecule has 2 amide bonds. The normalized spacial score (nSPS) is 10.5. The third kappa shape index (κ3) is 4.34. The van der Waals surface area contributed by atoms with Gasteiger partial charge in [-0.05, 0) is 24.5 Å². The van der Waals surface area contributed by atoms with Gasteiger partial charge in [0.1, 0.15) is 0 Å². The highest BCUT2D eigenvalue weighted by molar-refractivity contribution is 5.97. The maximum Gasteiger partial charge on any atom is 0.248 e. The van der Waals surface area contributed by atoms with Crippen molar-refractivity contribution < 1.29 is 22.8 Å². The fraction of sp³-hybridized carbons (Fsp3) is 0.118. The van der Waals surface area contributed by atoms with Crippen LogP contribution in [0.4, 0.5) is 18.9 Å². The van der Waals surface area contributed by atoms with Gasteiger partial charge in [-0.3, -0.25) is 9.59 Å². The lowest BCUT2D eigenvalue weighted by Gasteiger charge is -2.08. The van der Waals surface area contributed by atoms with Crippen LogP contribution in [0.3, 0.4) is 0 Å². The van der Waals surface area contributed by atoms with Crippen LogP contribution in [0.25, 0.3) is 0 Å². The first-order valence-corrected chi connectivity index (χ1v) is 7.05. The number of hydrogen-bond donors (Lipinski definition) is 2. The van der Waals surface area contributed by atoms with E-state index in [0.29, 0.717) is 29.7 Å². The van der Waals surface area contributed by atoms with E-state index in [0.717, 1.165) is 0 Å². The van der Waals surface area contributed by atoms with Crippen molar-refractivity contribution in [3.8, 4) is 0 Å². The predicted molar refractivity (Wildman–Crippen MR) is 82.5 cm³/mol. The molecule has 125 valence electrons. The second-order valence-electron chi connectivity index (χ2n) is 5.01. The van der Waals surface area contributed by atoms with E-state index in [1.54, 1.807) is 24.3 Å². The highest BCUT2D eigenvalue weighted by Gasteiger charge is 2.13. The number of hydrogen-bond acceptors (Lipinski definition) is 2. The van der Waals surface area contributed by atoms with E-state index in [1.807, 2.05) is 0 Å². The number of carbonyl (C=O) groups excluding carboxylic acids is 2. The summed E-state index contributed by atoms with van der Waals surface area (Å²) in [5, 5.41) is 2.24. The first-order chi connectivity index (χ1) is 11.4.